The molecule has 0 aliphatic rings. The molecule has 0 spiro atoms. The lowest BCUT2D eigenvalue weighted by Crippen LogP contribution is -2.16. The molecule has 0 unspecified atom stereocenters. The van der Waals surface area contributed by atoms with Crippen LogP contribution in [-0.2, 0) is 16.4 Å². The summed E-state index contributed by atoms with van der Waals surface area (Å²) in [6, 6.07) is 15.3. The fourth-order valence-corrected chi connectivity index (χ4v) is 4.00. The van der Waals surface area contributed by atoms with Gasteiger partial charge < -0.3 is 4.57 Å². The molecule has 0 amide bonds. The van der Waals surface area contributed by atoms with E-state index in [9.17, 15) is 13.2 Å². The molecule has 26 heavy (non-hydrogen) atoms. The molecular weight excluding hydrogens is 372 g/mol. The van der Waals surface area contributed by atoms with E-state index in [1.807, 2.05) is 18.2 Å². The number of nitrogens with zero attached hydrogens (tertiary/aromatic N) is 2. The smallest absolute Gasteiger partial charge is 0.198 e. The number of sulfone groups is 1. The summed E-state index contributed by atoms with van der Waals surface area (Å²) < 4.78 is 26.5. The van der Waals surface area contributed by atoms with Gasteiger partial charge in [0, 0.05) is 11.2 Å². The van der Waals surface area contributed by atoms with Crippen LogP contribution in [0.25, 0.3) is 0 Å². The molecule has 0 saturated carbocycles. The van der Waals surface area contributed by atoms with Crippen LogP contribution in [0.15, 0.2) is 65.7 Å². The second kappa shape index (κ2) is 7.43. The first-order chi connectivity index (χ1) is 12.4. The van der Waals surface area contributed by atoms with Crippen molar-refractivity contribution in [2.75, 3.05) is 5.75 Å². The summed E-state index contributed by atoms with van der Waals surface area (Å²) in [5, 5.41) is 0.625. The molecule has 7 heteroatoms. The molecule has 0 aliphatic heterocycles. The molecule has 1 aromatic heterocycles. The highest BCUT2D eigenvalue weighted by atomic mass is 35.5. The first-order valence-electron chi connectivity index (χ1n) is 7.95. The van der Waals surface area contributed by atoms with E-state index in [0.717, 1.165) is 5.56 Å². The summed E-state index contributed by atoms with van der Waals surface area (Å²) in [6.07, 6.45) is 1.57. The van der Waals surface area contributed by atoms with Crippen LogP contribution in [0, 0.1) is 6.92 Å². The first kappa shape index (κ1) is 18.4. The number of carbonyl (C=O) groups excluding carboxylic acids is 1. The predicted molar refractivity (Wildman–Crippen MR) is 100 cm³/mol. The number of benzene rings is 2. The number of aryl methyl sites for hydroxylation is 1. The van der Waals surface area contributed by atoms with Gasteiger partial charge in [0.2, 0.25) is 0 Å². The minimum atomic E-state index is -3.70. The Morgan fingerprint density at radius 3 is 2.42 bits per heavy atom. The number of ketones is 1. The highest BCUT2D eigenvalue weighted by Crippen LogP contribution is 2.18. The fourth-order valence-electron chi connectivity index (χ4n) is 2.57. The largest absolute Gasteiger partial charge is 0.330 e. The lowest BCUT2D eigenvalue weighted by atomic mass is 10.2. The Bertz CT molecular complexity index is 1040. The summed E-state index contributed by atoms with van der Waals surface area (Å²) in [4.78, 5) is 16.8. The van der Waals surface area contributed by atoms with Crippen LogP contribution in [0.1, 0.15) is 21.9 Å². The molecule has 2 aromatic carbocycles. The molecule has 1 heterocycles. The van der Waals surface area contributed by atoms with Gasteiger partial charge in [-0.1, -0.05) is 48.0 Å². The van der Waals surface area contributed by atoms with E-state index in [0.29, 0.717) is 17.4 Å². The number of rotatable bonds is 6. The minimum Gasteiger partial charge on any atom is -0.330 e. The second-order valence-electron chi connectivity index (χ2n) is 5.89. The summed E-state index contributed by atoms with van der Waals surface area (Å²) in [5.74, 6) is -0.528. The molecule has 0 bridgehead atoms. The minimum absolute atomic E-state index is 0.126. The number of halogens is 1. The maximum Gasteiger partial charge on any atom is 0.198 e. The van der Waals surface area contributed by atoms with Gasteiger partial charge in [-0.05, 0) is 30.7 Å². The standard InChI is InChI=1S/C19H17ClN2O3S/c1-14-21-18(12-22(14)11-15-7-5-6-10-17(15)20)19(23)13-26(24,25)16-8-3-2-4-9-16/h2-10,12H,11,13H2,1H3. The molecule has 0 saturated heterocycles. The first-order valence-corrected chi connectivity index (χ1v) is 9.98. The van der Waals surface area contributed by atoms with Gasteiger partial charge in [-0.15, -0.1) is 0 Å². The van der Waals surface area contributed by atoms with Gasteiger partial charge in [0.1, 0.15) is 17.3 Å². The normalized spacial score (nSPS) is 11.5. The van der Waals surface area contributed by atoms with Gasteiger partial charge in [-0.25, -0.2) is 13.4 Å². The molecule has 0 N–H and O–H groups in total. The summed E-state index contributed by atoms with van der Waals surface area (Å²) in [6.45, 7) is 2.22. The van der Waals surface area contributed by atoms with Crippen LogP contribution in [0.5, 0.6) is 0 Å². The molecule has 0 aliphatic carbocycles. The third-order valence-corrected chi connectivity index (χ3v) is 5.99. The van der Waals surface area contributed by atoms with Gasteiger partial charge in [0.15, 0.2) is 15.6 Å². The summed E-state index contributed by atoms with van der Waals surface area (Å²) >= 11 is 6.17. The Balaban J connectivity index is 1.80. The third kappa shape index (κ3) is 4.03. The zero-order chi connectivity index (χ0) is 18.7. The number of Topliss-reactive ketones (excluding diaryl/α,β-unsaturated/α-hetero) is 1. The van der Waals surface area contributed by atoms with Gasteiger partial charge in [-0.3, -0.25) is 4.79 Å². The third-order valence-electron chi connectivity index (χ3n) is 3.98. The SMILES string of the molecule is Cc1nc(C(=O)CS(=O)(=O)c2ccccc2)cn1Cc1ccccc1Cl. The number of aromatic nitrogens is 2. The molecule has 0 atom stereocenters. The molecule has 5 nitrogen and oxygen atoms in total. The van der Waals surface area contributed by atoms with E-state index in [1.165, 1.54) is 12.1 Å². The van der Waals surface area contributed by atoms with Crippen molar-refractivity contribution in [1.82, 2.24) is 9.55 Å². The zero-order valence-electron chi connectivity index (χ0n) is 14.1. The van der Waals surface area contributed by atoms with Crippen LogP contribution in [0.3, 0.4) is 0 Å². The molecule has 3 aromatic rings. The van der Waals surface area contributed by atoms with Crippen molar-refractivity contribution in [3.63, 3.8) is 0 Å². The van der Waals surface area contributed by atoms with Crippen molar-refractivity contribution in [2.24, 2.45) is 0 Å². The lowest BCUT2D eigenvalue weighted by molar-refractivity contribution is 0.101. The highest BCUT2D eigenvalue weighted by molar-refractivity contribution is 7.92. The monoisotopic (exact) mass is 388 g/mol. The molecule has 134 valence electrons. The Morgan fingerprint density at radius 1 is 1.08 bits per heavy atom. The van der Waals surface area contributed by atoms with Crippen molar-refractivity contribution < 1.29 is 13.2 Å². The molecule has 0 radical (unpaired) electrons. The van der Waals surface area contributed by atoms with Crippen LogP contribution in [-0.4, -0.2) is 29.5 Å². The Morgan fingerprint density at radius 2 is 1.73 bits per heavy atom. The van der Waals surface area contributed by atoms with Crippen molar-refractivity contribution in [3.8, 4) is 0 Å². The van der Waals surface area contributed by atoms with Gasteiger partial charge in [0.25, 0.3) is 0 Å². The van der Waals surface area contributed by atoms with E-state index in [2.05, 4.69) is 4.98 Å². The van der Waals surface area contributed by atoms with Crippen LogP contribution in [0.2, 0.25) is 5.02 Å². The Kier molecular flexibility index (Phi) is 5.25. The van der Waals surface area contributed by atoms with Crippen LogP contribution < -0.4 is 0 Å². The van der Waals surface area contributed by atoms with Gasteiger partial charge in [-0.2, -0.15) is 0 Å². The van der Waals surface area contributed by atoms with Crippen molar-refractivity contribution in [3.05, 3.63) is 82.9 Å². The van der Waals surface area contributed by atoms with E-state index in [-0.39, 0.29) is 10.6 Å². The van der Waals surface area contributed by atoms with Crippen molar-refractivity contribution in [2.45, 2.75) is 18.4 Å². The van der Waals surface area contributed by atoms with E-state index in [4.69, 9.17) is 11.6 Å². The van der Waals surface area contributed by atoms with Crippen LogP contribution >= 0.6 is 11.6 Å². The van der Waals surface area contributed by atoms with E-state index >= 15 is 0 Å². The Hall–Kier alpha value is -2.44. The van der Waals surface area contributed by atoms with E-state index < -0.39 is 21.4 Å². The predicted octanol–water partition coefficient (Wildman–Crippen LogP) is 3.55. The molecule has 3 rings (SSSR count). The average Bonchev–Trinajstić information content (AvgIpc) is 2.98. The van der Waals surface area contributed by atoms with Gasteiger partial charge >= 0.3 is 0 Å². The van der Waals surface area contributed by atoms with Crippen molar-refractivity contribution >= 4 is 27.2 Å². The number of hydrogen-bond acceptors (Lipinski definition) is 4. The highest BCUT2D eigenvalue weighted by Gasteiger charge is 2.22. The van der Waals surface area contributed by atoms with Crippen molar-refractivity contribution in [1.29, 1.82) is 0 Å². The maximum absolute atomic E-state index is 12.4. The molecule has 0 fully saturated rings. The second-order valence-corrected chi connectivity index (χ2v) is 8.28. The summed E-state index contributed by atoms with van der Waals surface area (Å²) in [5.41, 5.74) is 1.03. The lowest BCUT2D eigenvalue weighted by Gasteiger charge is -2.06. The van der Waals surface area contributed by atoms with Crippen LogP contribution in [0.4, 0.5) is 0 Å². The quantitative estimate of drug-likeness (QED) is 0.605. The average molecular weight is 389 g/mol. The topological polar surface area (TPSA) is 69.0 Å². The number of hydrogen-bond donors (Lipinski definition) is 0. The number of carbonyl (C=O) groups is 1. The maximum atomic E-state index is 12.4. The molecular formula is C19H17ClN2O3S. The van der Waals surface area contributed by atoms with Gasteiger partial charge in [0.05, 0.1) is 11.4 Å². The fraction of sp³-hybridized carbons (Fsp3) is 0.158. The van der Waals surface area contributed by atoms with E-state index in [1.54, 1.807) is 42.0 Å². The number of imidazole rings is 1. The Labute approximate surface area is 157 Å². The zero-order valence-corrected chi connectivity index (χ0v) is 15.7. The summed E-state index contributed by atoms with van der Waals surface area (Å²) in [7, 11) is -3.70.